The summed E-state index contributed by atoms with van der Waals surface area (Å²) in [6.07, 6.45) is 2.97. The molecular formula is C16H19FN2O3. The van der Waals surface area contributed by atoms with Gasteiger partial charge in [-0.3, -0.25) is 4.79 Å². The number of nitrogens with one attached hydrogen (secondary N) is 2. The van der Waals surface area contributed by atoms with Crippen LogP contribution < -0.4 is 10.6 Å². The number of methoxy groups -OCH3 is 1. The molecule has 0 aromatic heterocycles. The second kappa shape index (κ2) is 5.94. The van der Waals surface area contributed by atoms with Crippen molar-refractivity contribution in [2.24, 2.45) is 17.8 Å². The summed E-state index contributed by atoms with van der Waals surface area (Å²) in [6.45, 7) is 0. The van der Waals surface area contributed by atoms with E-state index in [1.807, 2.05) is 0 Å². The smallest absolute Gasteiger partial charge is 0.319 e. The van der Waals surface area contributed by atoms with Crippen LogP contribution in [0.4, 0.5) is 14.9 Å². The number of halogens is 1. The molecule has 2 saturated carbocycles. The molecule has 2 bridgehead atoms. The molecule has 2 N–H and O–H groups in total. The molecule has 1 aromatic rings. The minimum atomic E-state index is -0.419. The second-order valence-electron chi connectivity index (χ2n) is 6.02. The number of urea groups is 1. The van der Waals surface area contributed by atoms with Crippen LogP contribution in [0.25, 0.3) is 0 Å². The third-order valence-electron chi connectivity index (χ3n) is 4.77. The maximum atomic E-state index is 13.1. The number of esters is 1. The van der Waals surface area contributed by atoms with Crippen LogP contribution in [0.15, 0.2) is 24.3 Å². The Morgan fingerprint density at radius 3 is 2.77 bits per heavy atom. The Kier molecular flexibility index (Phi) is 4.00. The number of hydrogen-bond acceptors (Lipinski definition) is 3. The zero-order valence-electron chi connectivity index (χ0n) is 12.3. The number of rotatable bonds is 3. The first-order valence-corrected chi connectivity index (χ1v) is 7.49. The fraction of sp³-hybridized carbons (Fsp3) is 0.500. The largest absolute Gasteiger partial charge is 0.469 e. The van der Waals surface area contributed by atoms with E-state index in [9.17, 15) is 14.0 Å². The Hall–Kier alpha value is -2.11. The summed E-state index contributed by atoms with van der Waals surface area (Å²) in [5.41, 5.74) is 0.385. The molecule has 3 rings (SSSR count). The van der Waals surface area contributed by atoms with E-state index in [0.29, 0.717) is 11.6 Å². The van der Waals surface area contributed by atoms with E-state index < -0.39 is 11.8 Å². The molecule has 5 nitrogen and oxygen atoms in total. The van der Waals surface area contributed by atoms with Gasteiger partial charge < -0.3 is 15.4 Å². The third kappa shape index (κ3) is 2.77. The quantitative estimate of drug-likeness (QED) is 0.843. The molecule has 2 aliphatic rings. The first kappa shape index (κ1) is 14.8. The summed E-state index contributed by atoms with van der Waals surface area (Å²) >= 11 is 0. The van der Waals surface area contributed by atoms with Gasteiger partial charge in [-0.25, -0.2) is 9.18 Å². The maximum Gasteiger partial charge on any atom is 0.319 e. The van der Waals surface area contributed by atoms with Crippen molar-refractivity contribution in [3.8, 4) is 0 Å². The fourth-order valence-corrected chi connectivity index (χ4v) is 3.86. The van der Waals surface area contributed by atoms with Crippen molar-refractivity contribution in [3.63, 3.8) is 0 Å². The number of fused-ring (bicyclic) bond motifs is 2. The van der Waals surface area contributed by atoms with Gasteiger partial charge in [0.1, 0.15) is 5.82 Å². The SMILES string of the molecule is COC(=O)[C@H]1[C@H]2CC[C@@H](C2)[C@@H]1NC(=O)Nc1cccc(F)c1. The predicted octanol–water partition coefficient (Wildman–Crippen LogP) is 2.53. The summed E-state index contributed by atoms with van der Waals surface area (Å²) < 4.78 is 18.0. The zero-order valence-corrected chi connectivity index (χ0v) is 12.3. The van der Waals surface area contributed by atoms with E-state index in [4.69, 9.17) is 4.74 Å². The van der Waals surface area contributed by atoms with Gasteiger partial charge in [0.15, 0.2) is 0 Å². The topological polar surface area (TPSA) is 67.4 Å². The van der Waals surface area contributed by atoms with Crippen LogP contribution in [0, 0.1) is 23.6 Å². The molecule has 0 radical (unpaired) electrons. The Morgan fingerprint density at radius 1 is 1.27 bits per heavy atom. The Balaban J connectivity index is 1.66. The highest BCUT2D eigenvalue weighted by atomic mass is 19.1. The van der Waals surface area contributed by atoms with Gasteiger partial charge in [-0.15, -0.1) is 0 Å². The minimum Gasteiger partial charge on any atom is -0.469 e. The van der Waals surface area contributed by atoms with E-state index in [2.05, 4.69) is 10.6 Å². The molecule has 0 spiro atoms. The molecule has 1 aromatic carbocycles. The highest BCUT2D eigenvalue weighted by molar-refractivity contribution is 5.90. The summed E-state index contributed by atoms with van der Waals surface area (Å²) in [6, 6.07) is 5.07. The average molecular weight is 306 g/mol. The third-order valence-corrected chi connectivity index (χ3v) is 4.77. The van der Waals surface area contributed by atoms with Crippen LogP contribution >= 0.6 is 0 Å². The molecule has 118 valence electrons. The van der Waals surface area contributed by atoms with Gasteiger partial charge in [0, 0.05) is 11.7 Å². The standard InChI is InChI=1S/C16H19FN2O3/c1-22-15(20)13-9-5-6-10(7-9)14(13)19-16(21)18-12-4-2-3-11(17)8-12/h2-4,8-10,13-14H,5-7H2,1H3,(H2,18,19,21)/t9-,10-,13-,14-/m0/s1. The molecule has 0 heterocycles. The van der Waals surface area contributed by atoms with E-state index in [-0.39, 0.29) is 23.8 Å². The Labute approximate surface area is 128 Å². The summed E-state index contributed by atoms with van der Waals surface area (Å²) in [5.74, 6) is -0.347. The lowest BCUT2D eigenvalue weighted by Crippen LogP contribution is -2.48. The van der Waals surface area contributed by atoms with Gasteiger partial charge in [-0.2, -0.15) is 0 Å². The monoisotopic (exact) mass is 306 g/mol. The van der Waals surface area contributed by atoms with Gasteiger partial charge in [-0.05, 0) is 49.3 Å². The first-order chi connectivity index (χ1) is 10.6. The maximum absolute atomic E-state index is 13.1. The van der Waals surface area contributed by atoms with Gasteiger partial charge in [0.25, 0.3) is 0 Å². The predicted molar refractivity (Wildman–Crippen MR) is 78.7 cm³/mol. The van der Waals surface area contributed by atoms with Gasteiger partial charge in [0.05, 0.1) is 13.0 Å². The fourth-order valence-electron chi connectivity index (χ4n) is 3.86. The lowest BCUT2D eigenvalue weighted by molar-refractivity contribution is -0.148. The molecule has 0 saturated heterocycles. The van der Waals surface area contributed by atoms with Gasteiger partial charge >= 0.3 is 12.0 Å². The number of carbonyl (C=O) groups excluding carboxylic acids is 2. The molecule has 2 aliphatic carbocycles. The summed E-state index contributed by atoms with van der Waals surface area (Å²) in [5, 5.41) is 5.47. The number of carbonyl (C=O) groups is 2. The average Bonchev–Trinajstić information content (AvgIpc) is 3.07. The zero-order chi connectivity index (χ0) is 15.7. The molecule has 2 amide bonds. The van der Waals surface area contributed by atoms with Crippen molar-refractivity contribution in [1.29, 1.82) is 0 Å². The van der Waals surface area contributed by atoms with Crippen molar-refractivity contribution in [2.45, 2.75) is 25.3 Å². The van der Waals surface area contributed by atoms with Crippen molar-refractivity contribution in [2.75, 3.05) is 12.4 Å². The van der Waals surface area contributed by atoms with Crippen molar-refractivity contribution >= 4 is 17.7 Å². The van der Waals surface area contributed by atoms with E-state index in [1.54, 1.807) is 6.07 Å². The Bertz CT molecular complexity index is 593. The number of ether oxygens (including phenoxy) is 1. The molecule has 22 heavy (non-hydrogen) atoms. The summed E-state index contributed by atoms with van der Waals surface area (Å²) in [7, 11) is 1.37. The number of anilines is 1. The second-order valence-corrected chi connectivity index (χ2v) is 6.02. The summed E-state index contributed by atoms with van der Waals surface area (Å²) in [4.78, 5) is 24.1. The van der Waals surface area contributed by atoms with Crippen LogP contribution in [-0.2, 0) is 9.53 Å². The first-order valence-electron chi connectivity index (χ1n) is 7.49. The number of benzene rings is 1. The molecule has 0 unspecified atom stereocenters. The lowest BCUT2D eigenvalue weighted by Gasteiger charge is -2.29. The van der Waals surface area contributed by atoms with E-state index >= 15 is 0 Å². The number of hydrogen-bond donors (Lipinski definition) is 2. The van der Waals surface area contributed by atoms with Gasteiger partial charge in [0.2, 0.25) is 0 Å². The normalized spacial score (nSPS) is 29.2. The lowest BCUT2D eigenvalue weighted by atomic mass is 9.84. The molecule has 4 atom stereocenters. The molecule has 2 fully saturated rings. The molecule has 0 aliphatic heterocycles. The highest BCUT2D eigenvalue weighted by Crippen LogP contribution is 2.48. The van der Waals surface area contributed by atoms with Gasteiger partial charge in [-0.1, -0.05) is 6.07 Å². The Morgan fingerprint density at radius 2 is 2.05 bits per heavy atom. The molecule has 6 heteroatoms. The van der Waals surface area contributed by atoms with Crippen LogP contribution in [0.3, 0.4) is 0 Å². The van der Waals surface area contributed by atoms with Crippen LogP contribution in [0.5, 0.6) is 0 Å². The minimum absolute atomic E-state index is 0.209. The number of amides is 2. The van der Waals surface area contributed by atoms with Crippen LogP contribution in [-0.4, -0.2) is 25.2 Å². The van der Waals surface area contributed by atoms with E-state index in [1.165, 1.54) is 25.3 Å². The van der Waals surface area contributed by atoms with Crippen molar-refractivity contribution in [3.05, 3.63) is 30.1 Å². The van der Waals surface area contributed by atoms with E-state index in [0.717, 1.165) is 19.3 Å². The van der Waals surface area contributed by atoms with Crippen molar-refractivity contribution < 1.29 is 18.7 Å². The molecular weight excluding hydrogens is 287 g/mol. The van der Waals surface area contributed by atoms with Crippen molar-refractivity contribution in [1.82, 2.24) is 5.32 Å². The van der Waals surface area contributed by atoms with Crippen LogP contribution in [0.2, 0.25) is 0 Å². The van der Waals surface area contributed by atoms with Crippen LogP contribution in [0.1, 0.15) is 19.3 Å². The highest BCUT2D eigenvalue weighted by Gasteiger charge is 2.52.